The van der Waals surface area contributed by atoms with Gasteiger partial charge in [-0.05, 0) is 31.4 Å². The number of hydrogen-bond donors (Lipinski definition) is 2. The summed E-state index contributed by atoms with van der Waals surface area (Å²) in [6.07, 6.45) is 1.99. The Balaban J connectivity index is 0.00000361. The number of halogens is 1. The van der Waals surface area contributed by atoms with Crippen molar-refractivity contribution < 1.29 is 4.74 Å². The molecule has 1 aromatic carbocycles. The zero-order valence-electron chi connectivity index (χ0n) is 12.6. The largest absolute Gasteiger partial charge is 0.488 e. The van der Waals surface area contributed by atoms with Crippen LogP contribution in [-0.4, -0.2) is 25.2 Å². The molecule has 0 amide bonds. The Morgan fingerprint density at radius 2 is 2.05 bits per heavy atom. The highest BCUT2D eigenvalue weighted by molar-refractivity contribution is 14.0. The first kappa shape index (κ1) is 19.0. The van der Waals surface area contributed by atoms with Gasteiger partial charge in [0.15, 0.2) is 5.96 Å². The molecule has 0 aliphatic rings. The molecule has 1 aromatic rings. The molecule has 1 unspecified atom stereocenters. The van der Waals surface area contributed by atoms with Crippen LogP contribution >= 0.6 is 24.0 Å². The van der Waals surface area contributed by atoms with E-state index >= 15 is 0 Å². The van der Waals surface area contributed by atoms with Gasteiger partial charge in [0, 0.05) is 6.54 Å². The van der Waals surface area contributed by atoms with Gasteiger partial charge in [-0.15, -0.1) is 24.0 Å². The molecule has 0 aliphatic heterocycles. The number of nitrogens with two attached hydrogens (primary N) is 1. The van der Waals surface area contributed by atoms with Gasteiger partial charge in [-0.25, -0.2) is 4.99 Å². The second-order valence-corrected chi connectivity index (χ2v) is 4.57. The maximum absolute atomic E-state index is 5.96. The van der Waals surface area contributed by atoms with Gasteiger partial charge >= 0.3 is 0 Å². The standard InChI is InChI=1S/C15H25N3O.HI/c1-4-10-17-15(16)18-11-13(5-2)19-14-9-7-6-8-12(14)3;/h6-9,13H,4-5,10-11H2,1-3H3,(H3,16,17,18);1H. The van der Waals surface area contributed by atoms with E-state index in [2.05, 4.69) is 24.2 Å². The van der Waals surface area contributed by atoms with E-state index in [9.17, 15) is 0 Å². The lowest BCUT2D eigenvalue weighted by Gasteiger charge is -2.17. The van der Waals surface area contributed by atoms with Gasteiger partial charge in [-0.2, -0.15) is 0 Å². The summed E-state index contributed by atoms with van der Waals surface area (Å²) in [5, 5.41) is 3.06. The summed E-state index contributed by atoms with van der Waals surface area (Å²) >= 11 is 0. The lowest BCUT2D eigenvalue weighted by atomic mass is 10.2. The second kappa shape index (κ2) is 10.8. The van der Waals surface area contributed by atoms with E-state index in [0.29, 0.717) is 12.5 Å². The molecule has 1 rings (SSSR count). The molecule has 0 bridgehead atoms. The van der Waals surface area contributed by atoms with Crippen LogP contribution in [0.25, 0.3) is 0 Å². The third-order valence-corrected chi connectivity index (χ3v) is 2.86. The Kier molecular flexibility index (Phi) is 10.2. The summed E-state index contributed by atoms with van der Waals surface area (Å²) in [6, 6.07) is 8.02. The van der Waals surface area contributed by atoms with Crippen molar-refractivity contribution in [2.24, 2.45) is 10.7 Å². The molecule has 20 heavy (non-hydrogen) atoms. The highest BCUT2D eigenvalue weighted by Gasteiger charge is 2.09. The van der Waals surface area contributed by atoms with Crippen LogP contribution < -0.4 is 15.8 Å². The number of hydrogen-bond acceptors (Lipinski definition) is 2. The second-order valence-electron chi connectivity index (χ2n) is 4.57. The molecule has 114 valence electrons. The average molecular weight is 391 g/mol. The van der Waals surface area contributed by atoms with Crippen molar-refractivity contribution in [2.45, 2.75) is 39.7 Å². The van der Waals surface area contributed by atoms with Crippen molar-refractivity contribution in [1.29, 1.82) is 0 Å². The smallest absolute Gasteiger partial charge is 0.188 e. The van der Waals surface area contributed by atoms with Crippen molar-refractivity contribution in [3.63, 3.8) is 0 Å². The van der Waals surface area contributed by atoms with Crippen LogP contribution in [0, 0.1) is 6.92 Å². The fourth-order valence-electron chi connectivity index (χ4n) is 1.63. The molecular formula is C15H26IN3O. The number of nitrogens with one attached hydrogen (secondary N) is 1. The first-order valence-corrected chi connectivity index (χ1v) is 6.93. The Morgan fingerprint density at radius 3 is 2.65 bits per heavy atom. The summed E-state index contributed by atoms with van der Waals surface area (Å²) in [7, 11) is 0. The summed E-state index contributed by atoms with van der Waals surface area (Å²) in [5.41, 5.74) is 6.91. The number of nitrogens with zero attached hydrogens (tertiary/aromatic N) is 1. The van der Waals surface area contributed by atoms with E-state index in [1.807, 2.05) is 31.2 Å². The van der Waals surface area contributed by atoms with Gasteiger partial charge in [0.2, 0.25) is 0 Å². The maximum atomic E-state index is 5.96. The highest BCUT2D eigenvalue weighted by atomic mass is 127. The van der Waals surface area contributed by atoms with Gasteiger partial charge < -0.3 is 15.8 Å². The molecule has 0 fully saturated rings. The fourth-order valence-corrected chi connectivity index (χ4v) is 1.63. The summed E-state index contributed by atoms with van der Waals surface area (Å²) in [6.45, 7) is 7.66. The third kappa shape index (κ3) is 6.98. The molecule has 3 N–H and O–H groups in total. The van der Waals surface area contributed by atoms with Crippen LogP contribution in [0.1, 0.15) is 32.3 Å². The van der Waals surface area contributed by atoms with Gasteiger partial charge in [0.05, 0.1) is 6.54 Å². The summed E-state index contributed by atoms with van der Waals surface area (Å²) < 4.78 is 5.96. The van der Waals surface area contributed by atoms with Crippen LogP contribution in [0.15, 0.2) is 29.3 Å². The first-order chi connectivity index (χ1) is 9.17. The third-order valence-electron chi connectivity index (χ3n) is 2.86. The molecule has 0 radical (unpaired) electrons. The van der Waals surface area contributed by atoms with Crippen molar-refractivity contribution in [2.75, 3.05) is 13.1 Å². The van der Waals surface area contributed by atoms with Crippen LogP contribution in [0.2, 0.25) is 0 Å². The summed E-state index contributed by atoms with van der Waals surface area (Å²) in [4.78, 5) is 4.32. The molecule has 0 saturated heterocycles. The number of guanidine groups is 1. The van der Waals surface area contributed by atoms with E-state index in [0.717, 1.165) is 30.7 Å². The Morgan fingerprint density at radius 1 is 1.35 bits per heavy atom. The van der Waals surface area contributed by atoms with Gasteiger partial charge in [-0.1, -0.05) is 32.0 Å². The molecule has 0 aromatic heterocycles. The SMILES string of the molecule is CCCNC(N)=NCC(CC)Oc1ccccc1C.I. The van der Waals surface area contributed by atoms with Crippen LogP contribution in [0.4, 0.5) is 0 Å². The van der Waals surface area contributed by atoms with Gasteiger partial charge in [0.1, 0.15) is 11.9 Å². The van der Waals surface area contributed by atoms with Crippen molar-refractivity contribution in [3.05, 3.63) is 29.8 Å². The van der Waals surface area contributed by atoms with Crippen LogP contribution in [-0.2, 0) is 0 Å². The van der Waals surface area contributed by atoms with Crippen LogP contribution in [0.3, 0.4) is 0 Å². The Hall–Kier alpha value is -0.980. The number of rotatable bonds is 7. The molecule has 5 heteroatoms. The molecule has 0 saturated carbocycles. The van der Waals surface area contributed by atoms with E-state index in [1.54, 1.807) is 0 Å². The first-order valence-electron chi connectivity index (χ1n) is 6.93. The van der Waals surface area contributed by atoms with E-state index in [4.69, 9.17) is 10.5 Å². The fraction of sp³-hybridized carbons (Fsp3) is 0.533. The monoisotopic (exact) mass is 391 g/mol. The Labute approximate surface area is 139 Å². The average Bonchev–Trinajstić information content (AvgIpc) is 2.43. The van der Waals surface area contributed by atoms with Crippen molar-refractivity contribution in [3.8, 4) is 5.75 Å². The minimum atomic E-state index is 0. The van der Waals surface area contributed by atoms with E-state index in [-0.39, 0.29) is 30.1 Å². The number of para-hydroxylation sites is 1. The lowest BCUT2D eigenvalue weighted by molar-refractivity contribution is 0.204. The Bertz CT molecular complexity index is 410. The number of benzene rings is 1. The molecule has 4 nitrogen and oxygen atoms in total. The molecular weight excluding hydrogens is 365 g/mol. The molecule has 0 heterocycles. The number of aryl methyl sites for hydroxylation is 1. The summed E-state index contributed by atoms with van der Waals surface area (Å²) in [5.74, 6) is 1.42. The number of ether oxygens (including phenoxy) is 1. The van der Waals surface area contributed by atoms with Crippen LogP contribution in [0.5, 0.6) is 5.75 Å². The van der Waals surface area contributed by atoms with Crippen molar-refractivity contribution >= 4 is 29.9 Å². The van der Waals surface area contributed by atoms with Crippen molar-refractivity contribution in [1.82, 2.24) is 5.32 Å². The quantitative estimate of drug-likeness (QED) is 0.427. The van der Waals surface area contributed by atoms with Gasteiger partial charge in [-0.3, -0.25) is 0 Å². The van der Waals surface area contributed by atoms with E-state index < -0.39 is 0 Å². The van der Waals surface area contributed by atoms with E-state index in [1.165, 1.54) is 0 Å². The lowest BCUT2D eigenvalue weighted by Crippen LogP contribution is -2.33. The predicted molar refractivity (Wildman–Crippen MR) is 96.1 cm³/mol. The zero-order chi connectivity index (χ0) is 14.1. The normalized spacial score (nSPS) is 12.4. The zero-order valence-corrected chi connectivity index (χ0v) is 14.9. The molecule has 1 atom stereocenters. The molecule has 0 aliphatic carbocycles. The number of aliphatic imine (C=N–C) groups is 1. The van der Waals surface area contributed by atoms with Gasteiger partial charge in [0.25, 0.3) is 0 Å². The maximum Gasteiger partial charge on any atom is 0.188 e. The predicted octanol–water partition coefficient (Wildman–Crippen LogP) is 3.08. The topological polar surface area (TPSA) is 59.6 Å². The minimum absolute atomic E-state index is 0. The molecule has 0 spiro atoms. The minimum Gasteiger partial charge on any atom is -0.488 e. The highest BCUT2D eigenvalue weighted by Crippen LogP contribution is 2.18.